The van der Waals surface area contributed by atoms with E-state index < -0.39 is 26.1 Å². The molecule has 0 spiro atoms. The molecule has 0 aliphatic rings. The summed E-state index contributed by atoms with van der Waals surface area (Å²) in [4.78, 5) is 0. The Morgan fingerprint density at radius 3 is 1.27 bits per heavy atom. The average molecular weight is 468 g/mol. The number of alkyl halides is 10. The lowest BCUT2D eigenvalue weighted by Crippen LogP contribution is -2.52. The van der Waals surface area contributed by atoms with Gasteiger partial charge in [0.1, 0.15) is 0 Å². The van der Waals surface area contributed by atoms with E-state index in [0.29, 0.717) is 0 Å². The Balaban J connectivity index is 5.03. The Morgan fingerprint density at radius 2 is 1.07 bits per heavy atom. The lowest BCUT2D eigenvalue weighted by Gasteiger charge is -2.31. The molecule has 10 heteroatoms. The van der Waals surface area contributed by atoms with Gasteiger partial charge in [-0.2, -0.15) is 22.0 Å². The number of rotatable bonds is 3. The van der Waals surface area contributed by atoms with Crippen LogP contribution in [0.5, 0.6) is 0 Å². The second kappa shape index (κ2) is 4.29. The molecule has 0 heterocycles. The highest BCUT2D eigenvalue weighted by Gasteiger charge is 2.71. The maximum Gasteiger partial charge on any atom is 0.438 e. The van der Waals surface area contributed by atoms with E-state index in [4.69, 9.17) is 0 Å². The van der Waals surface area contributed by atoms with E-state index in [1.165, 1.54) is 0 Å². The molecule has 0 aromatic heterocycles. The minimum atomic E-state index is -5.92. The van der Waals surface area contributed by atoms with Crippen molar-refractivity contribution in [2.45, 2.75) is 26.1 Å². The van der Waals surface area contributed by atoms with Crippen LogP contribution in [0.3, 0.4) is 0 Å². The lowest BCUT2D eigenvalue weighted by atomic mass is 10.1. The van der Waals surface area contributed by atoms with Crippen LogP contribution < -0.4 is 0 Å². The molecule has 0 N–H and O–H groups in total. The first kappa shape index (κ1) is 15.9. The summed E-state index contributed by atoms with van der Waals surface area (Å²) in [7, 11) is 0. The van der Waals surface area contributed by atoms with Crippen molar-refractivity contribution in [2.24, 2.45) is 0 Å². The Hall–Kier alpha value is 0.900. The fraction of sp³-hybridized carbons (Fsp3) is 1.00. The smallest absolute Gasteiger partial charge is 0.215 e. The van der Waals surface area contributed by atoms with Crippen molar-refractivity contribution in [3.05, 3.63) is 0 Å². The van der Waals surface area contributed by atoms with Gasteiger partial charge in [0, 0.05) is 0 Å². The molecule has 0 radical (unpaired) electrons. The van der Waals surface area contributed by atoms with Crippen LogP contribution in [-0.2, 0) is 0 Å². The molecular weight excluding hydrogens is 466 g/mol. The van der Waals surface area contributed by atoms with E-state index in [1.54, 1.807) is 0 Å². The lowest BCUT2D eigenvalue weighted by molar-refractivity contribution is -0.260. The van der Waals surface area contributed by atoms with Gasteiger partial charge in [-0.1, -0.05) is 0 Å². The summed E-state index contributed by atoms with van der Waals surface area (Å²) in [6.07, 6.45) is -8.43. The molecule has 0 bridgehead atoms. The van der Waals surface area contributed by atoms with Gasteiger partial charge in [0.15, 0.2) is 0 Å². The van der Waals surface area contributed by atoms with E-state index in [0.717, 1.165) is 0 Å². The van der Waals surface area contributed by atoms with E-state index in [2.05, 4.69) is 0 Å². The summed E-state index contributed by atoms with van der Waals surface area (Å²) in [6.45, 7) is 0. The Morgan fingerprint density at radius 1 is 0.733 bits per heavy atom. The largest absolute Gasteiger partial charge is 0.438 e. The summed E-state index contributed by atoms with van der Waals surface area (Å²) in [5, 5.41) is 0. The Bertz CT molecular complexity index is 226. The highest BCUT2D eigenvalue weighted by atomic mass is 127. The predicted molar refractivity (Wildman–Crippen MR) is 52.4 cm³/mol. The van der Waals surface area contributed by atoms with E-state index in [9.17, 15) is 35.1 Å². The second-order valence-corrected chi connectivity index (χ2v) is 5.63. The molecule has 0 rings (SSSR count). The fourth-order valence-corrected chi connectivity index (χ4v) is 1.24. The van der Waals surface area contributed by atoms with Gasteiger partial charge in [-0.15, -0.1) is 0 Å². The van der Waals surface area contributed by atoms with Crippen LogP contribution in [0, 0.1) is 0 Å². The molecule has 0 aliphatic heterocycles. The van der Waals surface area contributed by atoms with Crippen molar-refractivity contribution in [1.82, 2.24) is 0 Å². The van der Waals surface area contributed by atoms with Crippen molar-refractivity contribution in [1.29, 1.82) is 0 Å². The quantitative estimate of drug-likeness (QED) is 0.320. The molecule has 0 aromatic rings. The predicted octanol–water partition coefficient (Wildman–Crippen LogP) is 4.70. The van der Waals surface area contributed by atoms with E-state index in [-0.39, 0.29) is 45.2 Å². The average Bonchev–Trinajstić information content (AvgIpc) is 1.77. The molecule has 0 nitrogen and oxygen atoms in total. The molecule has 1 unspecified atom stereocenters. The van der Waals surface area contributed by atoms with Gasteiger partial charge >= 0.3 is 19.7 Å². The fourth-order valence-electron chi connectivity index (χ4n) is 0.570. The molecule has 0 saturated carbocycles. The molecule has 0 fully saturated rings. The van der Waals surface area contributed by atoms with Gasteiger partial charge in [-0.3, -0.25) is 0 Å². The molecule has 92 valence electrons. The summed E-state index contributed by atoms with van der Waals surface area (Å²) >= 11 is 0.00621. The zero-order chi connectivity index (χ0) is 12.7. The monoisotopic (exact) mass is 468 g/mol. The van der Waals surface area contributed by atoms with Gasteiger partial charge in [0.2, 0.25) is 0 Å². The Kier molecular flexibility index (Phi) is 4.55. The van der Waals surface area contributed by atoms with E-state index in [1.807, 2.05) is 0 Å². The van der Waals surface area contributed by atoms with Crippen molar-refractivity contribution >= 4 is 45.2 Å². The van der Waals surface area contributed by atoms with Crippen LogP contribution in [0.2, 0.25) is 0 Å². The first-order valence-corrected chi connectivity index (χ1v) is 5.25. The highest BCUT2D eigenvalue weighted by Crippen LogP contribution is 2.54. The van der Waals surface area contributed by atoms with Gasteiger partial charge in [0.05, 0.1) is 6.42 Å². The third kappa shape index (κ3) is 4.00. The second-order valence-electron chi connectivity index (χ2n) is 2.57. The van der Waals surface area contributed by atoms with E-state index >= 15 is 0 Å². The normalized spacial score (nSPS) is 18.8. The van der Waals surface area contributed by atoms with Crippen LogP contribution in [0.15, 0.2) is 0 Å². The molecule has 0 aliphatic carbocycles. The van der Waals surface area contributed by atoms with Crippen molar-refractivity contribution in [2.75, 3.05) is 0 Å². The maximum atomic E-state index is 12.7. The van der Waals surface area contributed by atoms with Gasteiger partial charge < -0.3 is 0 Å². The van der Waals surface area contributed by atoms with Crippen LogP contribution in [-0.4, -0.2) is 19.7 Å². The SMILES string of the molecule is FC(F)(I)CC(F)(F)C(F)(I)C(F)(F)F. The van der Waals surface area contributed by atoms with Crippen LogP contribution in [0.4, 0.5) is 35.1 Å². The minimum absolute atomic E-state index is 0.213. The minimum Gasteiger partial charge on any atom is -0.215 e. The van der Waals surface area contributed by atoms with Gasteiger partial charge in [-0.05, 0) is 45.2 Å². The third-order valence-corrected chi connectivity index (χ3v) is 3.02. The van der Waals surface area contributed by atoms with Crippen molar-refractivity contribution < 1.29 is 35.1 Å². The Labute approximate surface area is 106 Å². The molecule has 1 atom stereocenters. The number of hydrogen-bond donors (Lipinski definition) is 0. The zero-order valence-corrected chi connectivity index (χ0v) is 10.8. The van der Waals surface area contributed by atoms with Gasteiger partial charge in [0.25, 0.3) is 0 Å². The standard InChI is InChI=1S/C5H2F8I2/c6-2(7,1-3(8,9)14)4(10,15)5(11,12)13/h1H2. The molecule has 0 saturated heterocycles. The number of hydrogen-bond acceptors (Lipinski definition) is 0. The van der Waals surface area contributed by atoms with Crippen molar-refractivity contribution in [3.8, 4) is 0 Å². The van der Waals surface area contributed by atoms with Crippen LogP contribution in [0.1, 0.15) is 6.42 Å². The zero-order valence-electron chi connectivity index (χ0n) is 6.49. The summed E-state index contributed by atoms with van der Waals surface area (Å²) in [5.74, 6) is -5.20. The number of halogens is 10. The highest BCUT2D eigenvalue weighted by molar-refractivity contribution is 14.1. The molecular formula is C5H2F8I2. The first-order valence-electron chi connectivity index (χ1n) is 3.10. The maximum absolute atomic E-state index is 12.7. The topological polar surface area (TPSA) is 0 Å². The molecule has 15 heavy (non-hydrogen) atoms. The molecule has 0 aromatic carbocycles. The van der Waals surface area contributed by atoms with Gasteiger partial charge in [-0.25, -0.2) is 13.2 Å². The third-order valence-electron chi connectivity index (χ3n) is 1.24. The summed E-state index contributed by atoms with van der Waals surface area (Å²) in [5.41, 5.74) is 0. The van der Waals surface area contributed by atoms with Crippen molar-refractivity contribution in [3.63, 3.8) is 0 Å². The summed E-state index contributed by atoms with van der Waals surface area (Å²) in [6, 6.07) is 0. The first-order chi connectivity index (χ1) is 6.21. The van der Waals surface area contributed by atoms with Crippen LogP contribution >= 0.6 is 45.2 Å². The van der Waals surface area contributed by atoms with Crippen LogP contribution in [0.25, 0.3) is 0 Å². The molecule has 0 amide bonds. The summed E-state index contributed by atoms with van der Waals surface area (Å²) < 4.78 is 88.4.